The molecule has 23 heavy (non-hydrogen) atoms. The number of likely N-dealkylation sites (N-methyl/N-ethyl adjacent to an activating group) is 1. The van der Waals surface area contributed by atoms with Crippen molar-refractivity contribution < 1.29 is 8.42 Å². The smallest absolute Gasteiger partial charge is 0.244 e. The average Bonchev–Trinajstić information content (AvgIpc) is 2.56. The first-order valence-electron chi connectivity index (χ1n) is 7.50. The van der Waals surface area contributed by atoms with Gasteiger partial charge in [-0.2, -0.15) is 4.31 Å². The van der Waals surface area contributed by atoms with E-state index in [0.29, 0.717) is 19.6 Å². The Bertz CT molecular complexity index is 780. The van der Waals surface area contributed by atoms with Crippen LogP contribution in [0.4, 0.5) is 0 Å². The molecule has 1 fully saturated rings. The molecule has 0 spiro atoms. The van der Waals surface area contributed by atoms with Gasteiger partial charge in [-0.1, -0.05) is 54.1 Å². The lowest BCUT2D eigenvalue weighted by Gasteiger charge is -2.39. The van der Waals surface area contributed by atoms with Gasteiger partial charge < -0.3 is 0 Å². The SMILES string of the molecule is CN1CCN(S(=O)(=O)c2ccccc2Cl)CC1c1ccccc1. The number of sulfonamides is 1. The van der Waals surface area contributed by atoms with Gasteiger partial charge in [0.25, 0.3) is 0 Å². The van der Waals surface area contributed by atoms with Crippen molar-refractivity contribution in [2.75, 3.05) is 26.7 Å². The summed E-state index contributed by atoms with van der Waals surface area (Å²) in [6, 6.07) is 16.6. The molecule has 1 aliphatic heterocycles. The maximum Gasteiger partial charge on any atom is 0.244 e. The summed E-state index contributed by atoms with van der Waals surface area (Å²) in [5.41, 5.74) is 1.12. The molecule has 1 unspecified atom stereocenters. The molecular weight excluding hydrogens is 332 g/mol. The summed E-state index contributed by atoms with van der Waals surface area (Å²) in [5, 5.41) is 0.266. The van der Waals surface area contributed by atoms with Crippen LogP contribution in [0, 0.1) is 0 Å². The fourth-order valence-electron chi connectivity index (χ4n) is 2.90. The summed E-state index contributed by atoms with van der Waals surface area (Å²) < 4.78 is 27.4. The average molecular weight is 351 g/mol. The van der Waals surface area contributed by atoms with Gasteiger partial charge in [-0.15, -0.1) is 0 Å². The summed E-state index contributed by atoms with van der Waals surface area (Å²) in [6.45, 7) is 1.57. The van der Waals surface area contributed by atoms with Gasteiger partial charge in [0, 0.05) is 25.7 Å². The molecule has 4 nitrogen and oxygen atoms in total. The van der Waals surface area contributed by atoms with Crippen LogP contribution in [0.25, 0.3) is 0 Å². The van der Waals surface area contributed by atoms with Crippen LogP contribution in [0.1, 0.15) is 11.6 Å². The maximum absolute atomic E-state index is 12.9. The molecule has 1 aliphatic rings. The van der Waals surface area contributed by atoms with E-state index in [1.54, 1.807) is 24.3 Å². The molecule has 0 bridgehead atoms. The van der Waals surface area contributed by atoms with Crippen molar-refractivity contribution in [3.8, 4) is 0 Å². The first-order chi connectivity index (χ1) is 11.0. The molecule has 0 N–H and O–H groups in total. The predicted octanol–water partition coefficient (Wildman–Crippen LogP) is 3.02. The molecule has 0 radical (unpaired) electrons. The highest BCUT2D eigenvalue weighted by atomic mass is 35.5. The lowest BCUT2D eigenvalue weighted by atomic mass is 10.0. The van der Waals surface area contributed by atoms with Crippen molar-refractivity contribution in [1.82, 2.24) is 9.21 Å². The van der Waals surface area contributed by atoms with Gasteiger partial charge in [-0.3, -0.25) is 4.90 Å². The Morgan fingerprint density at radius 3 is 2.35 bits per heavy atom. The van der Waals surface area contributed by atoms with Crippen LogP contribution < -0.4 is 0 Å². The molecular formula is C17H19ClN2O2S. The van der Waals surface area contributed by atoms with Crippen molar-refractivity contribution in [3.63, 3.8) is 0 Å². The summed E-state index contributed by atoms with van der Waals surface area (Å²) in [5.74, 6) is 0. The number of rotatable bonds is 3. The zero-order valence-electron chi connectivity index (χ0n) is 12.9. The van der Waals surface area contributed by atoms with E-state index < -0.39 is 10.0 Å². The minimum atomic E-state index is -3.58. The lowest BCUT2D eigenvalue weighted by Crippen LogP contribution is -2.48. The first-order valence-corrected chi connectivity index (χ1v) is 9.32. The molecule has 0 amide bonds. The predicted molar refractivity (Wildman–Crippen MR) is 92.0 cm³/mol. The number of nitrogens with zero attached hydrogens (tertiary/aromatic N) is 2. The van der Waals surface area contributed by atoms with Gasteiger partial charge in [0.15, 0.2) is 0 Å². The van der Waals surface area contributed by atoms with Gasteiger partial charge in [-0.25, -0.2) is 8.42 Å². The Hall–Kier alpha value is -1.40. The Morgan fingerprint density at radius 2 is 1.65 bits per heavy atom. The first kappa shape index (κ1) is 16.5. The zero-order valence-corrected chi connectivity index (χ0v) is 14.5. The van der Waals surface area contributed by atoms with Gasteiger partial charge in [-0.05, 0) is 24.7 Å². The third kappa shape index (κ3) is 3.28. The number of halogens is 1. The molecule has 1 heterocycles. The van der Waals surface area contributed by atoms with Crippen LogP contribution in [0.5, 0.6) is 0 Å². The van der Waals surface area contributed by atoms with E-state index in [-0.39, 0.29) is 16.0 Å². The van der Waals surface area contributed by atoms with Crippen LogP contribution in [0.3, 0.4) is 0 Å². The molecule has 0 saturated carbocycles. The van der Waals surface area contributed by atoms with Crippen LogP contribution in [0.15, 0.2) is 59.5 Å². The van der Waals surface area contributed by atoms with Gasteiger partial charge >= 0.3 is 0 Å². The zero-order chi connectivity index (χ0) is 16.4. The second-order valence-corrected chi connectivity index (χ2v) is 8.01. The van der Waals surface area contributed by atoms with Gasteiger partial charge in [0.05, 0.1) is 5.02 Å². The van der Waals surface area contributed by atoms with Crippen molar-refractivity contribution in [2.24, 2.45) is 0 Å². The molecule has 0 aliphatic carbocycles. The number of hydrogen-bond donors (Lipinski definition) is 0. The summed E-state index contributed by atoms with van der Waals surface area (Å²) in [4.78, 5) is 2.37. The number of benzene rings is 2. The van der Waals surface area contributed by atoms with E-state index >= 15 is 0 Å². The monoisotopic (exact) mass is 350 g/mol. The van der Waals surface area contributed by atoms with E-state index in [1.165, 1.54) is 4.31 Å². The number of piperazine rings is 1. The third-order valence-electron chi connectivity index (χ3n) is 4.25. The minimum absolute atomic E-state index is 0.0437. The van der Waals surface area contributed by atoms with E-state index in [0.717, 1.165) is 5.56 Å². The maximum atomic E-state index is 12.9. The normalized spacial score (nSPS) is 20.5. The molecule has 3 rings (SSSR count). The Balaban J connectivity index is 1.91. The van der Waals surface area contributed by atoms with E-state index in [9.17, 15) is 8.42 Å². The molecule has 1 atom stereocenters. The Morgan fingerprint density at radius 1 is 1.00 bits per heavy atom. The fraction of sp³-hybridized carbons (Fsp3) is 0.294. The summed E-state index contributed by atoms with van der Waals surface area (Å²) in [6.07, 6.45) is 0. The van der Waals surface area contributed by atoms with Crippen LogP contribution >= 0.6 is 11.6 Å². The summed E-state index contributed by atoms with van der Waals surface area (Å²) >= 11 is 6.09. The largest absolute Gasteiger partial charge is 0.297 e. The van der Waals surface area contributed by atoms with E-state index in [2.05, 4.69) is 4.90 Å². The molecule has 2 aromatic rings. The van der Waals surface area contributed by atoms with E-state index in [4.69, 9.17) is 11.6 Å². The highest BCUT2D eigenvalue weighted by molar-refractivity contribution is 7.89. The highest BCUT2D eigenvalue weighted by Crippen LogP contribution is 2.30. The molecule has 6 heteroatoms. The topological polar surface area (TPSA) is 40.6 Å². The standard InChI is InChI=1S/C17H19ClN2O2S/c1-19-11-12-20(13-16(19)14-7-3-2-4-8-14)23(21,22)17-10-6-5-9-15(17)18/h2-10,16H,11-13H2,1H3. The highest BCUT2D eigenvalue weighted by Gasteiger charge is 2.34. The lowest BCUT2D eigenvalue weighted by molar-refractivity contribution is 0.148. The number of hydrogen-bond acceptors (Lipinski definition) is 3. The van der Waals surface area contributed by atoms with Gasteiger partial charge in [0.2, 0.25) is 10.0 Å². The Labute approximate surface area is 142 Å². The third-order valence-corrected chi connectivity index (χ3v) is 6.61. The molecule has 122 valence electrons. The molecule has 2 aromatic carbocycles. The molecule has 1 saturated heterocycles. The van der Waals surface area contributed by atoms with Crippen LogP contribution in [-0.4, -0.2) is 44.3 Å². The van der Waals surface area contributed by atoms with Crippen LogP contribution in [-0.2, 0) is 10.0 Å². The quantitative estimate of drug-likeness (QED) is 0.854. The molecule has 0 aromatic heterocycles. The second-order valence-electron chi connectivity index (χ2n) is 5.70. The summed E-state index contributed by atoms with van der Waals surface area (Å²) in [7, 11) is -1.56. The van der Waals surface area contributed by atoms with Crippen molar-refractivity contribution in [3.05, 3.63) is 65.2 Å². The van der Waals surface area contributed by atoms with Crippen molar-refractivity contribution in [2.45, 2.75) is 10.9 Å². The Kier molecular flexibility index (Phi) is 4.73. The van der Waals surface area contributed by atoms with Gasteiger partial charge in [0.1, 0.15) is 4.90 Å². The van der Waals surface area contributed by atoms with E-state index in [1.807, 2.05) is 37.4 Å². The second kappa shape index (κ2) is 6.61. The minimum Gasteiger partial charge on any atom is -0.297 e. The fourth-order valence-corrected chi connectivity index (χ4v) is 4.83. The van der Waals surface area contributed by atoms with Crippen molar-refractivity contribution >= 4 is 21.6 Å². The van der Waals surface area contributed by atoms with Crippen LogP contribution in [0.2, 0.25) is 5.02 Å². The van der Waals surface area contributed by atoms with Crippen molar-refractivity contribution in [1.29, 1.82) is 0 Å².